The number of aromatic amines is 1. The highest BCUT2D eigenvalue weighted by atomic mass is 16.1. The van der Waals surface area contributed by atoms with Crippen LogP contribution in [0.4, 0.5) is 11.4 Å². The molecule has 2 N–H and O–H groups in total. The van der Waals surface area contributed by atoms with Crippen molar-refractivity contribution in [3.05, 3.63) is 77.2 Å². The lowest BCUT2D eigenvalue weighted by Crippen LogP contribution is -2.08. The minimum absolute atomic E-state index is 0.118. The van der Waals surface area contributed by atoms with Gasteiger partial charge in [-0.15, -0.1) is 0 Å². The molecule has 2 aromatic heterocycles. The van der Waals surface area contributed by atoms with Crippen LogP contribution in [-0.2, 0) is 0 Å². The van der Waals surface area contributed by atoms with E-state index in [9.17, 15) is 4.79 Å². The molecule has 0 atom stereocenters. The number of fused-ring (bicyclic) bond motifs is 3. The molecule has 4 heteroatoms. The summed E-state index contributed by atoms with van der Waals surface area (Å²) in [5.74, 6) is 0. The molecule has 0 radical (unpaired) electrons. The van der Waals surface area contributed by atoms with Crippen LogP contribution in [0.3, 0.4) is 0 Å². The normalized spacial score (nSPS) is 10.9. The molecular formula is C18H13N3O. The van der Waals surface area contributed by atoms with Gasteiger partial charge < -0.3 is 10.3 Å². The summed E-state index contributed by atoms with van der Waals surface area (Å²) in [7, 11) is 0. The first kappa shape index (κ1) is 12.6. The Bertz CT molecular complexity index is 1020. The number of aromatic nitrogens is 2. The third-order valence-corrected chi connectivity index (χ3v) is 3.68. The number of para-hydroxylation sites is 1. The molecule has 0 bridgehead atoms. The maximum Gasteiger partial charge on any atom is 0.257 e. The maximum atomic E-state index is 12.1. The van der Waals surface area contributed by atoms with Gasteiger partial charge in [0, 0.05) is 28.0 Å². The second kappa shape index (κ2) is 5.00. The zero-order valence-corrected chi connectivity index (χ0v) is 11.7. The zero-order valence-electron chi connectivity index (χ0n) is 11.7. The summed E-state index contributed by atoms with van der Waals surface area (Å²) in [6.07, 6.45) is 1.69. The minimum atomic E-state index is -0.118. The van der Waals surface area contributed by atoms with Crippen LogP contribution in [0.5, 0.6) is 0 Å². The van der Waals surface area contributed by atoms with Crippen molar-refractivity contribution in [3.63, 3.8) is 0 Å². The average Bonchev–Trinajstić information content (AvgIpc) is 2.56. The molecule has 4 rings (SSSR count). The van der Waals surface area contributed by atoms with Gasteiger partial charge in [0.15, 0.2) is 0 Å². The number of nitrogens with zero attached hydrogens (tertiary/aromatic N) is 1. The van der Waals surface area contributed by atoms with Crippen molar-refractivity contribution in [2.24, 2.45) is 0 Å². The van der Waals surface area contributed by atoms with Crippen LogP contribution in [0.1, 0.15) is 0 Å². The fourth-order valence-electron chi connectivity index (χ4n) is 2.68. The number of hydrogen-bond donors (Lipinski definition) is 2. The molecular weight excluding hydrogens is 274 g/mol. The largest absolute Gasteiger partial charge is 0.355 e. The second-order valence-corrected chi connectivity index (χ2v) is 5.07. The fraction of sp³-hybridized carbons (Fsp3) is 0. The quantitative estimate of drug-likeness (QED) is 0.551. The summed E-state index contributed by atoms with van der Waals surface area (Å²) in [6.45, 7) is 0. The lowest BCUT2D eigenvalue weighted by atomic mass is 10.1. The number of hydrogen-bond acceptors (Lipinski definition) is 3. The molecule has 0 aliphatic heterocycles. The van der Waals surface area contributed by atoms with Gasteiger partial charge in [-0.25, -0.2) is 4.98 Å². The Labute approximate surface area is 126 Å². The zero-order chi connectivity index (χ0) is 14.9. The molecule has 0 aliphatic rings. The molecule has 0 amide bonds. The van der Waals surface area contributed by atoms with Gasteiger partial charge in [-0.3, -0.25) is 4.79 Å². The highest BCUT2D eigenvalue weighted by Gasteiger charge is 2.09. The first-order valence-electron chi connectivity index (χ1n) is 7.05. The van der Waals surface area contributed by atoms with E-state index in [1.165, 1.54) is 0 Å². The Morgan fingerprint density at radius 1 is 0.864 bits per heavy atom. The summed E-state index contributed by atoms with van der Waals surface area (Å²) < 4.78 is 0. The van der Waals surface area contributed by atoms with Crippen LogP contribution < -0.4 is 10.9 Å². The number of nitrogens with one attached hydrogen (secondary N) is 2. The summed E-state index contributed by atoms with van der Waals surface area (Å²) in [5.41, 5.74) is 2.38. The van der Waals surface area contributed by atoms with E-state index in [1.54, 1.807) is 6.20 Å². The van der Waals surface area contributed by atoms with Gasteiger partial charge >= 0.3 is 0 Å². The molecule has 4 aromatic rings. The Kier molecular flexibility index (Phi) is 2.86. The lowest BCUT2D eigenvalue weighted by molar-refractivity contribution is 1.25. The van der Waals surface area contributed by atoms with Gasteiger partial charge in [-0.2, -0.15) is 0 Å². The predicted octanol–water partition coefficient (Wildman–Crippen LogP) is 3.82. The summed E-state index contributed by atoms with van der Waals surface area (Å²) in [5, 5.41) is 5.88. The maximum absolute atomic E-state index is 12.1. The highest BCUT2D eigenvalue weighted by molar-refractivity contribution is 6.10. The first-order valence-corrected chi connectivity index (χ1v) is 7.05. The van der Waals surface area contributed by atoms with E-state index >= 15 is 0 Å². The third kappa shape index (κ3) is 2.02. The number of anilines is 2. The van der Waals surface area contributed by atoms with E-state index in [0.717, 1.165) is 22.1 Å². The van der Waals surface area contributed by atoms with Crippen LogP contribution >= 0.6 is 0 Å². The van der Waals surface area contributed by atoms with Crippen molar-refractivity contribution in [3.8, 4) is 0 Å². The first-order chi connectivity index (χ1) is 10.8. The number of rotatable bonds is 2. The predicted molar refractivity (Wildman–Crippen MR) is 89.6 cm³/mol. The van der Waals surface area contributed by atoms with E-state index in [0.29, 0.717) is 11.0 Å². The van der Waals surface area contributed by atoms with E-state index in [-0.39, 0.29) is 5.56 Å². The van der Waals surface area contributed by atoms with E-state index in [4.69, 9.17) is 0 Å². The lowest BCUT2D eigenvalue weighted by Gasteiger charge is -2.11. The van der Waals surface area contributed by atoms with Gasteiger partial charge in [0.05, 0.1) is 5.69 Å². The van der Waals surface area contributed by atoms with Gasteiger partial charge in [0.1, 0.15) is 5.65 Å². The summed E-state index contributed by atoms with van der Waals surface area (Å²) in [4.78, 5) is 19.3. The average molecular weight is 287 g/mol. The summed E-state index contributed by atoms with van der Waals surface area (Å²) >= 11 is 0. The van der Waals surface area contributed by atoms with E-state index in [1.807, 2.05) is 60.7 Å². The molecule has 4 nitrogen and oxygen atoms in total. The fourth-order valence-corrected chi connectivity index (χ4v) is 2.68. The molecule has 0 fully saturated rings. The number of benzene rings is 2. The van der Waals surface area contributed by atoms with Crippen LogP contribution in [0.15, 0.2) is 71.7 Å². The Hall–Kier alpha value is -3.14. The van der Waals surface area contributed by atoms with Gasteiger partial charge in [-0.05, 0) is 24.3 Å². The van der Waals surface area contributed by atoms with Crippen LogP contribution in [0.2, 0.25) is 0 Å². The van der Waals surface area contributed by atoms with E-state index < -0.39 is 0 Å². The van der Waals surface area contributed by atoms with Crippen LogP contribution in [-0.4, -0.2) is 9.97 Å². The van der Waals surface area contributed by atoms with Gasteiger partial charge in [0.2, 0.25) is 0 Å². The van der Waals surface area contributed by atoms with Crippen LogP contribution in [0, 0.1) is 0 Å². The Morgan fingerprint density at radius 2 is 1.59 bits per heavy atom. The molecule has 0 unspecified atom stereocenters. The second-order valence-electron chi connectivity index (χ2n) is 5.07. The van der Waals surface area contributed by atoms with Gasteiger partial charge in [-0.1, -0.05) is 36.4 Å². The monoisotopic (exact) mass is 287 g/mol. The van der Waals surface area contributed by atoms with Crippen molar-refractivity contribution in [2.75, 3.05) is 5.32 Å². The molecule has 2 aromatic carbocycles. The molecule has 2 heterocycles. The molecule has 0 saturated heterocycles. The van der Waals surface area contributed by atoms with Crippen molar-refractivity contribution in [2.45, 2.75) is 0 Å². The molecule has 0 aliphatic carbocycles. The topological polar surface area (TPSA) is 57.8 Å². The number of H-pyrrole nitrogens is 1. The SMILES string of the molecule is O=c1[nH]c2nccc(Nc3ccccc3)c2c2ccccc12. The smallest absolute Gasteiger partial charge is 0.257 e. The minimum Gasteiger partial charge on any atom is -0.355 e. The van der Waals surface area contributed by atoms with Crippen LogP contribution in [0.25, 0.3) is 21.8 Å². The molecule has 0 spiro atoms. The van der Waals surface area contributed by atoms with Crippen molar-refractivity contribution in [1.82, 2.24) is 9.97 Å². The standard InChI is InChI=1S/C18H13N3O/c22-18-14-9-5-4-8-13(14)16-15(10-11-19-17(16)21-18)20-12-6-2-1-3-7-12/h1-11H,(H2,19,20,21,22). The van der Waals surface area contributed by atoms with Crippen molar-refractivity contribution < 1.29 is 0 Å². The number of pyridine rings is 2. The molecule has 22 heavy (non-hydrogen) atoms. The molecule has 106 valence electrons. The third-order valence-electron chi connectivity index (χ3n) is 3.68. The van der Waals surface area contributed by atoms with Crippen molar-refractivity contribution in [1.29, 1.82) is 0 Å². The summed E-state index contributed by atoms with van der Waals surface area (Å²) in [6, 6.07) is 19.4. The van der Waals surface area contributed by atoms with Gasteiger partial charge in [0.25, 0.3) is 5.56 Å². The van der Waals surface area contributed by atoms with E-state index in [2.05, 4.69) is 15.3 Å². The highest BCUT2D eigenvalue weighted by Crippen LogP contribution is 2.29. The Morgan fingerprint density at radius 3 is 2.41 bits per heavy atom. The Balaban J connectivity index is 2.03. The molecule has 0 saturated carbocycles. The van der Waals surface area contributed by atoms with Crippen molar-refractivity contribution >= 4 is 33.2 Å².